The van der Waals surface area contributed by atoms with Gasteiger partial charge in [0.2, 0.25) is 0 Å². The van der Waals surface area contributed by atoms with E-state index in [4.69, 9.17) is 9.72 Å². The maximum atomic E-state index is 13.3. The van der Waals surface area contributed by atoms with Gasteiger partial charge < -0.3 is 24.4 Å². The molecule has 0 radical (unpaired) electrons. The molecule has 166 valence electrons. The zero-order chi connectivity index (χ0) is 22.8. The Balaban J connectivity index is 1.74. The summed E-state index contributed by atoms with van der Waals surface area (Å²) in [6.07, 6.45) is 0.109. The van der Waals surface area contributed by atoms with E-state index in [9.17, 15) is 19.8 Å². The normalized spacial score (nSPS) is 19.1. The number of carbonyl (C=O) groups excluding carboxylic acids is 1. The second-order valence-corrected chi connectivity index (χ2v) is 8.76. The van der Waals surface area contributed by atoms with Gasteiger partial charge >= 0.3 is 5.97 Å². The number of esters is 1. The third-order valence-corrected chi connectivity index (χ3v) is 6.54. The van der Waals surface area contributed by atoms with Crippen LogP contribution in [-0.4, -0.2) is 44.7 Å². The van der Waals surface area contributed by atoms with Crippen molar-refractivity contribution >= 4 is 16.9 Å². The van der Waals surface area contributed by atoms with Crippen LogP contribution < -0.4 is 5.56 Å². The lowest BCUT2D eigenvalue weighted by Crippen LogP contribution is -2.44. The minimum atomic E-state index is -1.84. The molecule has 4 heterocycles. The number of ether oxygens (including phenoxy) is 1. The van der Waals surface area contributed by atoms with Gasteiger partial charge in [0, 0.05) is 23.1 Å². The number of benzene rings is 1. The number of carbonyl (C=O) groups is 1. The van der Waals surface area contributed by atoms with E-state index < -0.39 is 11.6 Å². The number of pyridine rings is 2. The second-order valence-electron chi connectivity index (χ2n) is 8.76. The van der Waals surface area contributed by atoms with Crippen molar-refractivity contribution in [2.75, 3.05) is 14.1 Å². The third-order valence-electron chi connectivity index (χ3n) is 6.54. The number of fused-ring (bicyclic) bond motifs is 5. The van der Waals surface area contributed by atoms with Crippen LogP contribution in [0.2, 0.25) is 0 Å². The van der Waals surface area contributed by atoms with Gasteiger partial charge in [-0.25, -0.2) is 9.78 Å². The Bertz CT molecular complexity index is 1340. The number of aliphatic hydroxyl groups excluding tert-OH is 1. The quantitative estimate of drug-likeness (QED) is 0.470. The van der Waals surface area contributed by atoms with Crippen molar-refractivity contribution in [2.24, 2.45) is 0 Å². The molecule has 0 unspecified atom stereocenters. The molecule has 0 bridgehead atoms. The summed E-state index contributed by atoms with van der Waals surface area (Å²) in [5.41, 5.74) is 3.28. The number of aliphatic hydroxyl groups is 2. The monoisotopic (exact) mass is 435 g/mol. The molecule has 0 amide bonds. The Labute approximate surface area is 184 Å². The Morgan fingerprint density at radius 3 is 2.72 bits per heavy atom. The van der Waals surface area contributed by atoms with Crippen molar-refractivity contribution in [3.05, 3.63) is 62.4 Å². The molecule has 8 nitrogen and oxygen atoms in total. The molecule has 1 aromatic carbocycles. The summed E-state index contributed by atoms with van der Waals surface area (Å²) in [6, 6.07) is 7.50. The molecule has 3 aromatic rings. The third kappa shape index (κ3) is 2.83. The first kappa shape index (κ1) is 20.8. The number of cyclic esters (lactones) is 1. The van der Waals surface area contributed by atoms with E-state index >= 15 is 0 Å². The van der Waals surface area contributed by atoms with E-state index in [1.54, 1.807) is 17.6 Å². The standard InChI is InChI=1S/C24H25N3O5/c1-4-24(31)18-8-20-21-14(9-27(20)22(29)17(18)12-32-23(24)30)7-15-16(10-26(2)3)13(11-28)5-6-19(15)25-21/h5-8,28,31H,4,9-12H2,1-3H3/t24-/m0/s1. The lowest BCUT2D eigenvalue weighted by atomic mass is 9.86. The summed E-state index contributed by atoms with van der Waals surface area (Å²) in [5, 5.41) is 21.8. The molecular formula is C24H25N3O5. The predicted molar refractivity (Wildman–Crippen MR) is 118 cm³/mol. The molecule has 1 atom stereocenters. The number of hydrogen-bond donors (Lipinski definition) is 2. The van der Waals surface area contributed by atoms with Crippen LogP contribution in [0.1, 0.15) is 41.2 Å². The predicted octanol–water partition coefficient (Wildman–Crippen LogP) is 1.63. The van der Waals surface area contributed by atoms with Gasteiger partial charge in [-0.2, -0.15) is 0 Å². The lowest BCUT2D eigenvalue weighted by molar-refractivity contribution is -0.172. The van der Waals surface area contributed by atoms with Crippen molar-refractivity contribution in [3.63, 3.8) is 0 Å². The minimum Gasteiger partial charge on any atom is -0.458 e. The SMILES string of the molecule is CC[C@@]1(O)C(=O)OCc2c1cc1n(c2=O)Cc2cc3c(CN(C)C)c(CO)ccc3nc2-1. The van der Waals surface area contributed by atoms with Gasteiger partial charge in [-0.1, -0.05) is 13.0 Å². The number of rotatable bonds is 4. The molecule has 2 aromatic heterocycles. The largest absolute Gasteiger partial charge is 0.458 e. The van der Waals surface area contributed by atoms with Crippen molar-refractivity contribution in [3.8, 4) is 11.4 Å². The van der Waals surface area contributed by atoms with Crippen LogP contribution in [0.5, 0.6) is 0 Å². The Morgan fingerprint density at radius 2 is 2.03 bits per heavy atom. The van der Waals surface area contributed by atoms with Gasteiger partial charge in [0.15, 0.2) is 5.60 Å². The first-order valence-electron chi connectivity index (χ1n) is 10.7. The molecule has 32 heavy (non-hydrogen) atoms. The van der Waals surface area contributed by atoms with Gasteiger partial charge in [-0.05, 0) is 49.8 Å². The number of nitrogens with zero attached hydrogens (tertiary/aromatic N) is 3. The topological polar surface area (TPSA) is 105 Å². The molecule has 0 aliphatic carbocycles. The zero-order valence-electron chi connectivity index (χ0n) is 18.3. The maximum absolute atomic E-state index is 13.3. The van der Waals surface area contributed by atoms with E-state index in [2.05, 4.69) is 0 Å². The van der Waals surface area contributed by atoms with Crippen LogP contribution in [0.15, 0.2) is 29.1 Å². The van der Waals surface area contributed by atoms with Crippen molar-refractivity contribution in [1.29, 1.82) is 0 Å². The number of hydrogen-bond acceptors (Lipinski definition) is 7. The second kappa shape index (κ2) is 7.23. The highest BCUT2D eigenvalue weighted by molar-refractivity contribution is 5.88. The first-order chi connectivity index (χ1) is 15.3. The average molecular weight is 435 g/mol. The summed E-state index contributed by atoms with van der Waals surface area (Å²) in [4.78, 5) is 32.5. The van der Waals surface area contributed by atoms with Crippen molar-refractivity contribution in [1.82, 2.24) is 14.5 Å². The van der Waals surface area contributed by atoms with Gasteiger partial charge in [-0.3, -0.25) is 4.79 Å². The van der Waals surface area contributed by atoms with Gasteiger partial charge in [0.1, 0.15) is 6.61 Å². The molecule has 0 fully saturated rings. The fourth-order valence-corrected chi connectivity index (χ4v) is 4.81. The fourth-order valence-electron chi connectivity index (χ4n) is 4.81. The molecule has 5 rings (SSSR count). The molecule has 2 N–H and O–H groups in total. The van der Waals surface area contributed by atoms with Crippen molar-refractivity contribution < 1.29 is 19.7 Å². The Hall–Kier alpha value is -3.07. The van der Waals surface area contributed by atoms with Crippen LogP contribution >= 0.6 is 0 Å². The van der Waals surface area contributed by atoms with E-state index in [1.165, 1.54) is 0 Å². The van der Waals surface area contributed by atoms with Crippen LogP contribution in [0.25, 0.3) is 22.3 Å². The molecule has 2 aliphatic heterocycles. The summed E-state index contributed by atoms with van der Waals surface area (Å²) < 4.78 is 6.75. The smallest absolute Gasteiger partial charge is 0.343 e. The van der Waals surface area contributed by atoms with Crippen LogP contribution in [0.4, 0.5) is 0 Å². The molecule has 8 heteroatoms. The highest BCUT2D eigenvalue weighted by atomic mass is 16.6. The molecule has 2 aliphatic rings. The zero-order valence-corrected chi connectivity index (χ0v) is 18.3. The summed E-state index contributed by atoms with van der Waals surface area (Å²) >= 11 is 0. The molecular weight excluding hydrogens is 410 g/mol. The van der Waals surface area contributed by atoms with E-state index in [-0.39, 0.29) is 25.2 Å². The Kier molecular flexibility index (Phi) is 4.70. The molecule has 0 saturated carbocycles. The van der Waals surface area contributed by atoms with Crippen molar-refractivity contribution in [2.45, 2.75) is 45.2 Å². The highest BCUT2D eigenvalue weighted by Gasteiger charge is 2.45. The van der Waals surface area contributed by atoms with Crippen LogP contribution in [-0.2, 0) is 41.4 Å². The highest BCUT2D eigenvalue weighted by Crippen LogP contribution is 2.39. The summed E-state index contributed by atoms with van der Waals surface area (Å²) in [7, 11) is 3.94. The average Bonchev–Trinajstić information content (AvgIpc) is 3.13. The van der Waals surface area contributed by atoms with E-state index in [0.717, 1.165) is 27.6 Å². The van der Waals surface area contributed by atoms with E-state index in [0.29, 0.717) is 35.6 Å². The summed E-state index contributed by atoms with van der Waals surface area (Å²) in [6.45, 7) is 2.48. The van der Waals surface area contributed by atoms with E-state index in [1.807, 2.05) is 37.2 Å². The van der Waals surface area contributed by atoms with Crippen LogP contribution in [0.3, 0.4) is 0 Å². The molecule has 0 spiro atoms. The Morgan fingerprint density at radius 1 is 1.25 bits per heavy atom. The molecule has 0 saturated heterocycles. The number of aromatic nitrogens is 2. The maximum Gasteiger partial charge on any atom is 0.343 e. The minimum absolute atomic E-state index is 0.0633. The summed E-state index contributed by atoms with van der Waals surface area (Å²) in [5.74, 6) is -0.730. The van der Waals surface area contributed by atoms with Gasteiger partial charge in [0.05, 0.1) is 35.6 Å². The lowest BCUT2D eigenvalue weighted by Gasteiger charge is -2.31. The van der Waals surface area contributed by atoms with Gasteiger partial charge in [-0.15, -0.1) is 0 Å². The van der Waals surface area contributed by atoms with Gasteiger partial charge in [0.25, 0.3) is 5.56 Å². The fraction of sp³-hybridized carbons (Fsp3) is 0.375. The van der Waals surface area contributed by atoms with Crippen LogP contribution in [0, 0.1) is 0 Å². The first-order valence-corrected chi connectivity index (χ1v) is 10.7.